The van der Waals surface area contributed by atoms with Gasteiger partial charge in [-0.05, 0) is 20.2 Å². The predicted octanol–water partition coefficient (Wildman–Crippen LogP) is 1.58. The van der Waals surface area contributed by atoms with Crippen molar-refractivity contribution in [3.8, 4) is 0 Å². The highest BCUT2D eigenvalue weighted by molar-refractivity contribution is 5.90. The van der Waals surface area contributed by atoms with Gasteiger partial charge in [0.1, 0.15) is 11.4 Å². The summed E-state index contributed by atoms with van der Waals surface area (Å²) in [6.07, 6.45) is 0. The molecule has 7 heteroatoms. The summed E-state index contributed by atoms with van der Waals surface area (Å²) in [5.41, 5.74) is -0.535. The molecule has 0 radical (unpaired) electrons. The average Bonchev–Trinajstić information content (AvgIpc) is 2.27. The second-order valence-corrected chi connectivity index (χ2v) is 3.95. The highest BCUT2D eigenvalue weighted by atomic mass is 19.1. The molecule has 0 aromatic heterocycles. The van der Waals surface area contributed by atoms with E-state index in [4.69, 9.17) is 0 Å². The van der Waals surface area contributed by atoms with Crippen molar-refractivity contribution in [2.45, 2.75) is 6.54 Å². The van der Waals surface area contributed by atoms with Crippen LogP contribution in [0.1, 0.15) is 15.9 Å². The number of rotatable bonds is 4. The molecule has 0 saturated heterocycles. The van der Waals surface area contributed by atoms with Gasteiger partial charge in [-0.1, -0.05) is 0 Å². The lowest BCUT2D eigenvalue weighted by atomic mass is 10.1. The summed E-state index contributed by atoms with van der Waals surface area (Å²) in [5.74, 6) is -1.77. The average molecular weight is 256 g/mol. The number of halogens is 1. The fourth-order valence-corrected chi connectivity index (χ4v) is 1.51. The molecule has 0 fully saturated rings. The van der Waals surface area contributed by atoms with E-state index in [1.807, 2.05) is 0 Å². The number of nitro benzene ring substituents is 1. The molecule has 0 amide bonds. The Hall–Kier alpha value is -2.02. The molecule has 0 N–H and O–H groups in total. The van der Waals surface area contributed by atoms with Gasteiger partial charge in [0.25, 0.3) is 5.69 Å². The topological polar surface area (TPSA) is 72.7 Å². The van der Waals surface area contributed by atoms with Crippen molar-refractivity contribution in [1.29, 1.82) is 0 Å². The molecule has 0 saturated carbocycles. The molecule has 98 valence electrons. The van der Waals surface area contributed by atoms with Crippen molar-refractivity contribution in [3.05, 3.63) is 39.2 Å². The first kappa shape index (κ1) is 14.0. The van der Waals surface area contributed by atoms with Gasteiger partial charge in [-0.3, -0.25) is 10.1 Å². The minimum atomic E-state index is -0.938. The summed E-state index contributed by atoms with van der Waals surface area (Å²) in [6, 6.07) is 1.89. The molecule has 0 heterocycles. The van der Waals surface area contributed by atoms with Crippen LogP contribution in [0.15, 0.2) is 12.1 Å². The van der Waals surface area contributed by atoms with E-state index >= 15 is 0 Å². The number of nitro groups is 1. The Morgan fingerprint density at radius 2 is 2.11 bits per heavy atom. The van der Waals surface area contributed by atoms with E-state index in [1.165, 1.54) is 0 Å². The second-order valence-electron chi connectivity index (χ2n) is 3.95. The number of carbonyl (C=O) groups excluding carboxylic acids is 1. The van der Waals surface area contributed by atoms with Gasteiger partial charge in [0.15, 0.2) is 0 Å². The summed E-state index contributed by atoms with van der Waals surface area (Å²) < 4.78 is 18.0. The van der Waals surface area contributed by atoms with Crippen LogP contribution < -0.4 is 0 Å². The van der Waals surface area contributed by atoms with Gasteiger partial charge in [0, 0.05) is 18.2 Å². The molecule has 1 rings (SSSR count). The maximum absolute atomic E-state index is 13.6. The fourth-order valence-electron chi connectivity index (χ4n) is 1.51. The van der Waals surface area contributed by atoms with Crippen LogP contribution in [-0.2, 0) is 11.3 Å². The number of hydrogen-bond acceptors (Lipinski definition) is 5. The molecule has 0 aliphatic heterocycles. The van der Waals surface area contributed by atoms with Gasteiger partial charge in [-0.15, -0.1) is 0 Å². The van der Waals surface area contributed by atoms with E-state index in [0.29, 0.717) is 0 Å². The molecule has 0 aliphatic rings. The van der Waals surface area contributed by atoms with E-state index in [9.17, 15) is 19.3 Å². The Balaban J connectivity index is 3.34. The lowest BCUT2D eigenvalue weighted by Gasteiger charge is -2.11. The van der Waals surface area contributed by atoms with Crippen molar-refractivity contribution < 1.29 is 18.8 Å². The van der Waals surface area contributed by atoms with Crippen molar-refractivity contribution in [3.63, 3.8) is 0 Å². The Morgan fingerprint density at radius 3 is 2.56 bits per heavy atom. The number of ether oxygens (including phenoxy) is 1. The molecule has 0 spiro atoms. The number of nitrogens with zero attached hydrogens (tertiary/aromatic N) is 2. The van der Waals surface area contributed by atoms with Crippen LogP contribution in [0, 0.1) is 15.9 Å². The summed E-state index contributed by atoms with van der Waals surface area (Å²) in [4.78, 5) is 23.2. The number of hydrogen-bond donors (Lipinski definition) is 0. The predicted molar refractivity (Wildman–Crippen MR) is 61.8 cm³/mol. The smallest absolute Gasteiger partial charge is 0.341 e. The third-order valence-electron chi connectivity index (χ3n) is 2.26. The SMILES string of the molecule is COC(=O)c1cc([N+](=O)[O-])c(CN(C)C)cc1F. The minimum absolute atomic E-state index is 0.203. The van der Waals surface area contributed by atoms with Crippen LogP contribution in [0.2, 0.25) is 0 Å². The van der Waals surface area contributed by atoms with Gasteiger partial charge in [0.2, 0.25) is 0 Å². The van der Waals surface area contributed by atoms with E-state index in [2.05, 4.69) is 4.74 Å². The number of benzene rings is 1. The summed E-state index contributed by atoms with van der Waals surface area (Å²) in [5, 5.41) is 10.9. The minimum Gasteiger partial charge on any atom is -0.465 e. The lowest BCUT2D eigenvalue weighted by Crippen LogP contribution is -2.14. The van der Waals surface area contributed by atoms with Crippen molar-refractivity contribution in [1.82, 2.24) is 4.90 Å². The first-order chi connectivity index (χ1) is 8.36. The van der Waals surface area contributed by atoms with Crippen LogP contribution in [0.3, 0.4) is 0 Å². The number of methoxy groups -OCH3 is 1. The zero-order valence-electron chi connectivity index (χ0n) is 10.3. The largest absolute Gasteiger partial charge is 0.465 e. The summed E-state index contributed by atoms with van der Waals surface area (Å²) in [7, 11) is 4.49. The van der Waals surface area contributed by atoms with E-state index in [1.54, 1.807) is 19.0 Å². The molecule has 1 aromatic carbocycles. The van der Waals surface area contributed by atoms with Crippen LogP contribution in [-0.4, -0.2) is 37.0 Å². The molecule has 0 bridgehead atoms. The van der Waals surface area contributed by atoms with Gasteiger partial charge >= 0.3 is 5.97 Å². The number of carbonyl (C=O) groups is 1. The lowest BCUT2D eigenvalue weighted by molar-refractivity contribution is -0.385. The van der Waals surface area contributed by atoms with E-state index < -0.39 is 22.3 Å². The van der Waals surface area contributed by atoms with Crippen molar-refractivity contribution in [2.24, 2.45) is 0 Å². The molecular weight excluding hydrogens is 243 g/mol. The third kappa shape index (κ3) is 3.01. The highest BCUT2D eigenvalue weighted by Crippen LogP contribution is 2.24. The van der Waals surface area contributed by atoms with Crippen molar-refractivity contribution in [2.75, 3.05) is 21.2 Å². The zero-order chi connectivity index (χ0) is 13.9. The molecule has 0 aliphatic carbocycles. The third-order valence-corrected chi connectivity index (χ3v) is 2.26. The number of esters is 1. The molecule has 6 nitrogen and oxygen atoms in total. The van der Waals surface area contributed by atoms with Gasteiger partial charge in [-0.2, -0.15) is 0 Å². The molecule has 18 heavy (non-hydrogen) atoms. The van der Waals surface area contributed by atoms with Gasteiger partial charge in [-0.25, -0.2) is 9.18 Å². The maximum Gasteiger partial charge on any atom is 0.341 e. The standard InChI is InChI=1S/C11H13FN2O4/c1-13(2)6-7-4-9(12)8(11(15)18-3)5-10(7)14(16)17/h4-5H,6H2,1-3H3. The van der Waals surface area contributed by atoms with Crippen LogP contribution in [0.4, 0.5) is 10.1 Å². The fraction of sp³-hybridized carbons (Fsp3) is 0.364. The molecule has 0 atom stereocenters. The Labute approximate surface area is 103 Å². The molecular formula is C11H13FN2O4. The Bertz CT molecular complexity index is 488. The Morgan fingerprint density at radius 1 is 1.50 bits per heavy atom. The second kappa shape index (κ2) is 5.54. The molecule has 1 aromatic rings. The summed E-state index contributed by atoms with van der Waals surface area (Å²) >= 11 is 0. The van der Waals surface area contributed by atoms with E-state index in [-0.39, 0.29) is 17.8 Å². The van der Waals surface area contributed by atoms with Crippen LogP contribution in [0.5, 0.6) is 0 Å². The van der Waals surface area contributed by atoms with Crippen LogP contribution >= 0.6 is 0 Å². The monoisotopic (exact) mass is 256 g/mol. The van der Waals surface area contributed by atoms with Gasteiger partial charge < -0.3 is 9.64 Å². The highest BCUT2D eigenvalue weighted by Gasteiger charge is 2.22. The first-order valence-corrected chi connectivity index (χ1v) is 5.06. The normalized spacial score (nSPS) is 10.5. The van der Waals surface area contributed by atoms with Gasteiger partial charge in [0.05, 0.1) is 12.0 Å². The maximum atomic E-state index is 13.6. The Kier molecular flexibility index (Phi) is 4.33. The van der Waals surface area contributed by atoms with Crippen LogP contribution in [0.25, 0.3) is 0 Å². The summed E-state index contributed by atoms with van der Waals surface area (Å²) in [6.45, 7) is 0.203. The first-order valence-electron chi connectivity index (χ1n) is 5.06. The van der Waals surface area contributed by atoms with E-state index in [0.717, 1.165) is 19.2 Å². The zero-order valence-corrected chi connectivity index (χ0v) is 10.3. The molecule has 0 unspecified atom stereocenters. The quantitative estimate of drug-likeness (QED) is 0.464. The van der Waals surface area contributed by atoms with Crippen molar-refractivity contribution >= 4 is 11.7 Å².